The Kier molecular flexibility index (Phi) is 3.18. The van der Waals surface area contributed by atoms with Gasteiger partial charge in [0.25, 0.3) is 0 Å². The molecule has 0 bridgehead atoms. The SMILES string of the molecule is COc1ccc(C2c3cc4c(cc3CC3OCOC32)OCO4)cc1. The van der Waals surface area contributed by atoms with Gasteiger partial charge in [0.15, 0.2) is 11.5 Å². The van der Waals surface area contributed by atoms with Crippen molar-refractivity contribution in [2.45, 2.75) is 24.5 Å². The molecule has 0 spiro atoms. The molecule has 0 N–H and O–H groups in total. The molecule has 124 valence electrons. The van der Waals surface area contributed by atoms with Crippen molar-refractivity contribution in [3.05, 3.63) is 53.1 Å². The summed E-state index contributed by atoms with van der Waals surface area (Å²) in [6.07, 6.45) is 0.930. The minimum atomic E-state index is 0.0197. The molecule has 2 aromatic rings. The minimum absolute atomic E-state index is 0.0197. The molecule has 5 rings (SSSR count). The zero-order valence-electron chi connectivity index (χ0n) is 13.4. The van der Waals surface area contributed by atoms with Crippen LogP contribution in [0.2, 0.25) is 0 Å². The van der Waals surface area contributed by atoms with E-state index in [2.05, 4.69) is 24.3 Å². The van der Waals surface area contributed by atoms with Crippen molar-refractivity contribution in [2.24, 2.45) is 0 Å². The van der Waals surface area contributed by atoms with E-state index in [4.69, 9.17) is 23.7 Å². The van der Waals surface area contributed by atoms with Gasteiger partial charge in [-0.15, -0.1) is 0 Å². The number of fused-ring (bicyclic) bond motifs is 3. The highest BCUT2D eigenvalue weighted by molar-refractivity contribution is 5.54. The summed E-state index contributed by atoms with van der Waals surface area (Å²) in [4.78, 5) is 0. The first-order chi connectivity index (χ1) is 11.8. The Morgan fingerprint density at radius 2 is 1.75 bits per heavy atom. The van der Waals surface area contributed by atoms with E-state index in [9.17, 15) is 0 Å². The van der Waals surface area contributed by atoms with Crippen LogP contribution in [0.1, 0.15) is 22.6 Å². The Morgan fingerprint density at radius 3 is 2.54 bits per heavy atom. The minimum Gasteiger partial charge on any atom is -0.497 e. The average Bonchev–Trinajstić information content (AvgIpc) is 3.26. The van der Waals surface area contributed by atoms with Crippen LogP contribution in [0, 0.1) is 0 Å². The molecule has 0 amide bonds. The number of hydrogen-bond acceptors (Lipinski definition) is 5. The van der Waals surface area contributed by atoms with Crippen LogP contribution in [-0.4, -0.2) is 32.9 Å². The summed E-state index contributed by atoms with van der Waals surface area (Å²) in [5.74, 6) is 2.59. The zero-order valence-corrected chi connectivity index (χ0v) is 13.4. The van der Waals surface area contributed by atoms with Crippen LogP contribution in [0.15, 0.2) is 36.4 Å². The van der Waals surface area contributed by atoms with E-state index in [-0.39, 0.29) is 24.9 Å². The molecule has 2 aliphatic heterocycles. The van der Waals surface area contributed by atoms with Gasteiger partial charge in [-0.2, -0.15) is 0 Å². The van der Waals surface area contributed by atoms with E-state index in [1.807, 2.05) is 12.1 Å². The van der Waals surface area contributed by atoms with Crippen molar-refractivity contribution in [2.75, 3.05) is 20.7 Å². The lowest BCUT2D eigenvalue weighted by Crippen LogP contribution is -2.36. The molecule has 3 aliphatic rings. The highest BCUT2D eigenvalue weighted by Gasteiger charge is 2.43. The molecule has 2 heterocycles. The predicted molar refractivity (Wildman–Crippen MR) is 85.7 cm³/mol. The molecular formula is C19H18O5. The van der Waals surface area contributed by atoms with Crippen molar-refractivity contribution in [3.63, 3.8) is 0 Å². The fraction of sp³-hybridized carbons (Fsp3) is 0.368. The second kappa shape index (κ2) is 5.40. The lowest BCUT2D eigenvalue weighted by Gasteiger charge is -2.34. The van der Waals surface area contributed by atoms with Crippen LogP contribution in [0.25, 0.3) is 0 Å². The molecule has 3 unspecified atom stereocenters. The van der Waals surface area contributed by atoms with Gasteiger partial charge in [-0.05, 0) is 41.0 Å². The lowest BCUT2D eigenvalue weighted by molar-refractivity contribution is 0.0378. The predicted octanol–water partition coefficient (Wildman–Crippen LogP) is 2.85. The van der Waals surface area contributed by atoms with Crippen LogP contribution in [0.4, 0.5) is 0 Å². The molecule has 5 heteroatoms. The highest BCUT2D eigenvalue weighted by Crippen LogP contribution is 2.46. The number of methoxy groups -OCH3 is 1. The zero-order chi connectivity index (χ0) is 16.1. The summed E-state index contributed by atoms with van der Waals surface area (Å²) in [5.41, 5.74) is 3.67. The van der Waals surface area contributed by atoms with E-state index in [1.54, 1.807) is 7.11 Å². The Labute approximate surface area is 140 Å². The fourth-order valence-electron chi connectivity index (χ4n) is 3.93. The molecule has 1 saturated heterocycles. The first-order valence-electron chi connectivity index (χ1n) is 8.13. The van der Waals surface area contributed by atoms with Crippen LogP contribution < -0.4 is 14.2 Å². The normalized spacial score (nSPS) is 26.8. The van der Waals surface area contributed by atoms with Gasteiger partial charge in [-0.3, -0.25) is 0 Å². The number of rotatable bonds is 2. The van der Waals surface area contributed by atoms with Gasteiger partial charge in [0.1, 0.15) is 12.5 Å². The summed E-state index contributed by atoms with van der Waals surface area (Å²) >= 11 is 0. The first-order valence-corrected chi connectivity index (χ1v) is 8.13. The van der Waals surface area contributed by atoms with Crippen LogP contribution in [0.3, 0.4) is 0 Å². The molecule has 1 fully saturated rings. The molecule has 2 aromatic carbocycles. The first kappa shape index (κ1) is 14.1. The molecule has 1 aliphatic carbocycles. The maximum atomic E-state index is 5.93. The molecule has 5 nitrogen and oxygen atoms in total. The lowest BCUT2D eigenvalue weighted by atomic mass is 9.75. The third kappa shape index (κ3) is 2.08. The van der Waals surface area contributed by atoms with Gasteiger partial charge in [-0.1, -0.05) is 12.1 Å². The largest absolute Gasteiger partial charge is 0.497 e. The Hall–Kier alpha value is -2.24. The van der Waals surface area contributed by atoms with Crippen molar-refractivity contribution >= 4 is 0 Å². The second-order valence-electron chi connectivity index (χ2n) is 6.31. The average molecular weight is 326 g/mol. The quantitative estimate of drug-likeness (QED) is 0.849. The maximum absolute atomic E-state index is 5.93. The topological polar surface area (TPSA) is 46.2 Å². The molecule has 0 saturated carbocycles. The Bertz CT molecular complexity index is 770. The smallest absolute Gasteiger partial charge is 0.231 e. The van der Waals surface area contributed by atoms with E-state index >= 15 is 0 Å². The Balaban J connectivity index is 1.63. The summed E-state index contributed by atoms with van der Waals surface area (Å²) in [6, 6.07) is 12.4. The molecule has 24 heavy (non-hydrogen) atoms. The van der Waals surface area contributed by atoms with Gasteiger partial charge >= 0.3 is 0 Å². The van der Waals surface area contributed by atoms with Gasteiger partial charge in [-0.25, -0.2) is 0 Å². The molecule has 0 radical (unpaired) electrons. The number of ether oxygens (including phenoxy) is 5. The van der Waals surface area contributed by atoms with Crippen LogP contribution in [0.5, 0.6) is 17.2 Å². The van der Waals surface area contributed by atoms with E-state index in [0.717, 1.165) is 23.7 Å². The van der Waals surface area contributed by atoms with Crippen molar-refractivity contribution in [3.8, 4) is 17.2 Å². The third-order valence-corrected chi connectivity index (χ3v) is 5.10. The second-order valence-corrected chi connectivity index (χ2v) is 6.31. The van der Waals surface area contributed by atoms with E-state index in [0.29, 0.717) is 6.79 Å². The van der Waals surface area contributed by atoms with Gasteiger partial charge < -0.3 is 23.7 Å². The van der Waals surface area contributed by atoms with E-state index < -0.39 is 0 Å². The van der Waals surface area contributed by atoms with E-state index in [1.165, 1.54) is 16.7 Å². The standard InChI is InChI=1S/C19H18O5/c1-20-13-4-2-11(3-5-13)18-14-8-16-15(21-9-22-16)6-12(14)7-17-19(18)24-10-23-17/h2-6,8,17-19H,7,9-10H2,1H3. The molecule has 0 aromatic heterocycles. The third-order valence-electron chi connectivity index (χ3n) is 5.10. The molecule has 3 atom stereocenters. The van der Waals surface area contributed by atoms with Crippen LogP contribution in [-0.2, 0) is 15.9 Å². The summed E-state index contributed by atoms with van der Waals surface area (Å²) in [6.45, 7) is 0.633. The van der Waals surface area contributed by atoms with Crippen molar-refractivity contribution < 1.29 is 23.7 Å². The molecular weight excluding hydrogens is 308 g/mol. The van der Waals surface area contributed by atoms with Gasteiger partial charge in [0.2, 0.25) is 6.79 Å². The van der Waals surface area contributed by atoms with Gasteiger partial charge in [0, 0.05) is 12.3 Å². The van der Waals surface area contributed by atoms with Crippen molar-refractivity contribution in [1.29, 1.82) is 0 Å². The highest BCUT2D eigenvalue weighted by atomic mass is 16.7. The summed E-state index contributed by atoms with van der Waals surface area (Å²) < 4.78 is 28.1. The summed E-state index contributed by atoms with van der Waals surface area (Å²) in [7, 11) is 1.68. The Morgan fingerprint density at radius 1 is 0.958 bits per heavy atom. The van der Waals surface area contributed by atoms with Crippen LogP contribution >= 0.6 is 0 Å². The van der Waals surface area contributed by atoms with Crippen molar-refractivity contribution in [1.82, 2.24) is 0 Å². The fourth-order valence-corrected chi connectivity index (χ4v) is 3.93. The number of benzene rings is 2. The maximum Gasteiger partial charge on any atom is 0.231 e. The number of hydrogen-bond donors (Lipinski definition) is 0. The van der Waals surface area contributed by atoms with Gasteiger partial charge in [0.05, 0.1) is 19.3 Å². The summed E-state index contributed by atoms with van der Waals surface area (Å²) in [5, 5.41) is 0. The monoisotopic (exact) mass is 326 g/mol.